The van der Waals surface area contributed by atoms with Crippen molar-refractivity contribution < 1.29 is 14.7 Å². The molecule has 1 aliphatic heterocycles. The zero-order valence-electron chi connectivity index (χ0n) is 9.36. The maximum absolute atomic E-state index is 12.0. The summed E-state index contributed by atoms with van der Waals surface area (Å²) in [5.41, 5.74) is -0.197. The Morgan fingerprint density at radius 2 is 2.29 bits per heavy atom. The zero-order valence-corrected chi connectivity index (χ0v) is 11.0. The van der Waals surface area contributed by atoms with Crippen molar-refractivity contribution in [3.63, 3.8) is 0 Å². The second kappa shape index (κ2) is 4.70. The monoisotopic (exact) mass is 271 g/mol. The highest BCUT2D eigenvalue weighted by Gasteiger charge is 2.43. The number of carbonyl (C=O) groups is 2. The summed E-state index contributed by atoms with van der Waals surface area (Å²) in [5, 5.41) is 13.8. The van der Waals surface area contributed by atoms with Gasteiger partial charge in [-0.15, -0.1) is 11.3 Å². The molecule has 17 heavy (non-hydrogen) atoms. The lowest BCUT2D eigenvalue weighted by atomic mass is 9.99. The molecule has 0 bridgehead atoms. The van der Waals surface area contributed by atoms with Gasteiger partial charge in [-0.2, -0.15) is 11.8 Å². The second-order valence-electron chi connectivity index (χ2n) is 4.08. The molecule has 0 aliphatic carbocycles. The van der Waals surface area contributed by atoms with Crippen LogP contribution < -0.4 is 5.32 Å². The molecule has 1 amide bonds. The molecule has 0 aromatic carbocycles. The summed E-state index contributed by atoms with van der Waals surface area (Å²) in [6.45, 7) is 1.85. The van der Waals surface area contributed by atoms with Gasteiger partial charge < -0.3 is 10.4 Å². The number of nitrogens with one attached hydrogen (secondary N) is 1. The van der Waals surface area contributed by atoms with E-state index in [1.165, 1.54) is 11.3 Å². The van der Waals surface area contributed by atoms with Crippen molar-refractivity contribution in [2.24, 2.45) is 0 Å². The molecule has 6 heteroatoms. The summed E-state index contributed by atoms with van der Waals surface area (Å²) in [7, 11) is 0. The van der Waals surface area contributed by atoms with E-state index in [0.717, 1.165) is 11.3 Å². The number of carboxylic acids is 1. The van der Waals surface area contributed by atoms with E-state index in [1.54, 1.807) is 11.8 Å². The van der Waals surface area contributed by atoms with Crippen molar-refractivity contribution in [1.29, 1.82) is 0 Å². The van der Waals surface area contributed by atoms with Crippen molar-refractivity contribution in [2.45, 2.75) is 18.9 Å². The Balaban J connectivity index is 2.17. The Labute approximate surface area is 107 Å². The molecule has 1 aromatic rings. The van der Waals surface area contributed by atoms with Gasteiger partial charge in [0.15, 0.2) is 0 Å². The molecule has 1 fully saturated rings. The number of aryl methyl sites for hydroxylation is 1. The smallest absolute Gasteiger partial charge is 0.330 e. The van der Waals surface area contributed by atoms with E-state index in [1.807, 2.05) is 18.4 Å². The molecule has 1 aromatic heterocycles. The molecule has 1 aliphatic rings. The highest BCUT2D eigenvalue weighted by molar-refractivity contribution is 7.99. The third-order valence-corrected chi connectivity index (χ3v) is 5.06. The molecule has 4 nitrogen and oxygen atoms in total. The first kappa shape index (κ1) is 12.4. The summed E-state index contributed by atoms with van der Waals surface area (Å²) < 4.78 is 0. The third kappa shape index (κ3) is 2.32. The topological polar surface area (TPSA) is 66.4 Å². The Bertz CT molecular complexity index is 449. The first-order chi connectivity index (χ1) is 8.05. The van der Waals surface area contributed by atoms with E-state index in [9.17, 15) is 14.7 Å². The van der Waals surface area contributed by atoms with Crippen LogP contribution in [0.2, 0.25) is 0 Å². The van der Waals surface area contributed by atoms with Crippen LogP contribution in [0.1, 0.15) is 21.7 Å². The molecule has 2 rings (SSSR count). The maximum atomic E-state index is 12.0. The third-order valence-electron chi connectivity index (χ3n) is 2.85. The standard InChI is InChI=1S/C11H13NO3S2/c1-7-2-4-17-8(7)9(13)12-11(10(14)15)3-5-16-6-11/h2,4H,3,5-6H2,1H3,(H,12,13)(H,14,15)/t11-/m1/s1. The quantitative estimate of drug-likeness (QED) is 0.879. The summed E-state index contributed by atoms with van der Waals surface area (Å²) in [6.07, 6.45) is 0.489. The van der Waals surface area contributed by atoms with E-state index < -0.39 is 11.5 Å². The normalized spacial score (nSPS) is 23.6. The molecule has 92 valence electrons. The molecule has 0 unspecified atom stereocenters. The van der Waals surface area contributed by atoms with Crippen molar-refractivity contribution in [3.8, 4) is 0 Å². The van der Waals surface area contributed by atoms with E-state index in [0.29, 0.717) is 17.1 Å². The number of carbonyl (C=O) groups excluding carboxylic acids is 1. The van der Waals surface area contributed by atoms with E-state index in [-0.39, 0.29) is 5.91 Å². The van der Waals surface area contributed by atoms with Crippen LogP contribution in [-0.2, 0) is 4.79 Å². The van der Waals surface area contributed by atoms with E-state index in [4.69, 9.17) is 0 Å². The Hall–Kier alpha value is -1.01. The molecule has 1 atom stereocenters. The number of aliphatic carboxylic acids is 1. The van der Waals surface area contributed by atoms with Gasteiger partial charge in [-0.1, -0.05) is 0 Å². The van der Waals surface area contributed by atoms with Gasteiger partial charge >= 0.3 is 5.97 Å². The number of thiophene rings is 1. The van der Waals surface area contributed by atoms with Gasteiger partial charge in [0.25, 0.3) is 5.91 Å². The fourth-order valence-electron chi connectivity index (χ4n) is 1.77. The summed E-state index contributed by atoms with van der Waals surface area (Å²) in [6, 6.07) is 1.86. The predicted octanol–water partition coefficient (Wildman–Crippen LogP) is 1.75. The summed E-state index contributed by atoms with van der Waals surface area (Å²) >= 11 is 2.90. The number of carboxylic acid groups (broad SMARTS) is 1. The number of thioether (sulfide) groups is 1. The number of amides is 1. The van der Waals surface area contributed by atoms with Gasteiger partial charge in [0.05, 0.1) is 4.88 Å². The van der Waals surface area contributed by atoms with E-state index in [2.05, 4.69) is 5.32 Å². The Kier molecular flexibility index (Phi) is 3.44. The van der Waals surface area contributed by atoms with Gasteiger partial charge in [0.2, 0.25) is 0 Å². The van der Waals surface area contributed by atoms with Crippen molar-refractivity contribution in [2.75, 3.05) is 11.5 Å². The van der Waals surface area contributed by atoms with Crippen molar-refractivity contribution in [1.82, 2.24) is 5.32 Å². The van der Waals surface area contributed by atoms with Crippen LogP contribution in [0, 0.1) is 6.92 Å². The molecule has 1 saturated heterocycles. The molecular formula is C11H13NO3S2. The van der Waals surface area contributed by atoms with Crippen LogP contribution in [0.3, 0.4) is 0 Å². The molecule has 2 N–H and O–H groups in total. The van der Waals surface area contributed by atoms with Crippen LogP contribution >= 0.6 is 23.1 Å². The average molecular weight is 271 g/mol. The Morgan fingerprint density at radius 3 is 2.76 bits per heavy atom. The highest BCUT2D eigenvalue weighted by Crippen LogP contribution is 2.29. The zero-order chi connectivity index (χ0) is 12.5. The van der Waals surface area contributed by atoms with Crippen LogP contribution in [0.5, 0.6) is 0 Å². The molecule has 0 saturated carbocycles. The van der Waals surface area contributed by atoms with Crippen molar-refractivity contribution >= 4 is 35.0 Å². The van der Waals surface area contributed by atoms with Gasteiger partial charge in [-0.3, -0.25) is 4.79 Å². The Morgan fingerprint density at radius 1 is 1.53 bits per heavy atom. The second-order valence-corrected chi connectivity index (χ2v) is 6.10. The average Bonchev–Trinajstić information content (AvgIpc) is 2.87. The first-order valence-electron chi connectivity index (χ1n) is 5.23. The predicted molar refractivity (Wildman–Crippen MR) is 68.8 cm³/mol. The fourth-order valence-corrected chi connectivity index (χ4v) is 3.91. The molecule has 0 radical (unpaired) electrons. The molecule has 2 heterocycles. The van der Waals surface area contributed by atoms with Crippen LogP contribution in [-0.4, -0.2) is 34.0 Å². The lowest BCUT2D eigenvalue weighted by Gasteiger charge is -2.24. The van der Waals surface area contributed by atoms with Crippen LogP contribution in [0.25, 0.3) is 0 Å². The number of hydrogen-bond donors (Lipinski definition) is 2. The van der Waals surface area contributed by atoms with Gasteiger partial charge in [0.1, 0.15) is 5.54 Å². The SMILES string of the molecule is Cc1ccsc1C(=O)N[C@]1(C(=O)O)CCSC1. The first-order valence-corrected chi connectivity index (χ1v) is 7.26. The lowest BCUT2D eigenvalue weighted by molar-refractivity contribution is -0.143. The van der Waals surface area contributed by atoms with Gasteiger partial charge in [-0.05, 0) is 36.1 Å². The minimum absolute atomic E-state index is 0.276. The molecule has 0 spiro atoms. The largest absolute Gasteiger partial charge is 0.479 e. The minimum Gasteiger partial charge on any atom is -0.479 e. The number of hydrogen-bond acceptors (Lipinski definition) is 4. The molecular weight excluding hydrogens is 258 g/mol. The van der Waals surface area contributed by atoms with Gasteiger partial charge in [0, 0.05) is 5.75 Å². The van der Waals surface area contributed by atoms with Crippen LogP contribution in [0.4, 0.5) is 0 Å². The number of rotatable bonds is 3. The summed E-state index contributed by atoms with van der Waals surface area (Å²) in [5.74, 6) is 0.00145. The highest BCUT2D eigenvalue weighted by atomic mass is 32.2. The maximum Gasteiger partial charge on any atom is 0.330 e. The van der Waals surface area contributed by atoms with Crippen LogP contribution in [0.15, 0.2) is 11.4 Å². The summed E-state index contributed by atoms with van der Waals surface area (Å²) in [4.78, 5) is 23.9. The lowest BCUT2D eigenvalue weighted by Crippen LogP contribution is -2.54. The minimum atomic E-state index is -1.09. The van der Waals surface area contributed by atoms with Gasteiger partial charge in [-0.25, -0.2) is 4.79 Å². The fraction of sp³-hybridized carbons (Fsp3) is 0.455. The van der Waals surface area contributed by atoms with E-state index >= 15 is 0 Å². The van der Waals surface area contributed by atoms with Crippen molar-refractivity contribution in [3.05, 3.63) is 21.9 Å².